The number of hydrogen-bond donors (Lipinski definition) is 0. The molecule has 1 fully saturated rings. The minimum absolute atomic E-state index is 0.0559. The van der Waals surface area contributed by atoms with Crippen LogP contribution in [0.4, 0.5) is 0 Å². The van der Waals surface area contributed by atoms with Crippen LogP contribution in [0.1, 0.15) is 18.4 Å². The Morgan fingerprint density at radius 2 is 1.97 bits per heavy atom. The Labute approximate surface area is 181 Å². The number of benzene rings is 1. The average Bonchev–Trinajstić information content (AvgIpc) is 2.91. The molecule has 30 heavy (non-hydrogen) atoms. The molecule has 1 unspecified atom stereocenters. The second-order valence-corrected chi connectivity index (χ2v) is 7.52. The summed E-state index contributed by atoms with van der Waals surface area (Å²) < 4.78 is 4.80. The van der Waals surface area contributed by atoms with E-state index in [1.165, 1.54) is 23.0 Å². The standard InChI is InChI=1S/C21H26ClN3O5/c1-23(2)20(28)14-17(21(29)30-3)25-12-11-24(10-9-19(25)27)18(26)8-7-15-5-4-6-16(22)13-15/h4-8,13,17H,9-12,14H2,1-3H3/b8-7+. The molecule has 1 atom stereocenters. The Hall–Kier alpha value is -2.87. The molecular weight excluding hydrogens is 410 g/mol. The van der Waals surface area contributed by atoms with Crippen molar-refractivity contribution in [3.8, 4) is 0 Å². The quantitative estimate of drug-likeness (QED) is 0.498. The van der Waals surface area contributed by atoms with Crippen LogP contribution < -0.4 is 0 Å². The van der Waals surface area contributed by atoms with Gasteiger partial charge in [-0.25, -0.2) is 4.79 Å². The number of ether oxygens (including phenoxy) is 1. The van der Waals surface area contributed by atoms with Crippen LogP contribution in [-0.4, -0.2) is 85.3 Å². The number of esters is 1. The summed E-state index contributed by atoms with van der Waals surface area (Å²) in [5.41, 5.74) is 0.788. The van der Waals surface area contributed by atoms with Crippen molar-refractivity contribution in [1.29, 1.82) is 0 Å². The monoisotopic (exact) mass is 435 g/mol. The Morgan fingerprint density at radius 3 is 2.60 bits per heavy atom. The molecule has 0 bridgehead atoms. The molecule has 0 saturated carbocycles. The maximum Gasteiger partial charge on any atom is 0.329 e. The lowest BCUT2D eigenvalue weighted by molar-refractivity contribution is -0.155. The molecule has 0 N–H and O–H groups in total. The van der Waals surface area contributed by atoms with Crippen LogP contribution >= 0.6 is 11.6 Å². The fourth-order valence-corrected chi connectivity index (χ4v) is 3.28. The number of methoxy groups -OCH3 is 1. The Morgan fingerprint density at radius 1 is 1.23 bits per heavy atom. The van der Waals surface area contributed by atoms with E-state index in [4.69, 9.17) is 16.3 Å². The number of nitrogens with zero attached hydrogens (tertiary/aromatic N) is 3. The van der Waals surface area contributed by atoms with Crippen LogP contribution in [0.3, 0.4) is 0 Å². The molecule has 1 heterocycles. The van der Waals surface area contributed by atoms with Gasteiger partial charge in [0, 0.05) is 51.2 Å². The molecule has 1 aliphatic rings. The highest BCUT2D eigenvalue weighted by atomic mass is 35.5. The van der Waals surface area contributed by atoms with Gasteiger partial charge in [0.05, 0.1) is 13.5 Å². The van der Waals surface area contributed by atoms with Crippen molar-refractivity contribution in [2.75, 3.05) is 40.8 Å². The lowest BCUT2D eigenvalue weighted by atomic mass is 10.1. The molecule has 0 radical (unpaired) electrons. The molecule has 0 aliphatic carbocycles. The molecule has 9 heteroatoms. The Bertz CT molecular complexity index is 840. The van der Waals surface area contributed by atoms with Crippen molar-refractivity contribution in [1.82, 2.24) is 14.7 Å². The molecule has 0 spiro atoms. The highest BCUT2D eigenvalue weighted by Crippen LogP contribution is 2.15. The summed E-state index contributed by atoms with van der Waals surface area (Å²) in [4.78, 5) is 53.8. The summed E-state index contributed by atoms with van der Waals surface area (Å²) in [6.07, 6.45) is 2.97. The minimum atomic E-state index is -1.02. The van der Waals surface area contributed by atoms with Gasteiger partial charge in [0.2, 0.25) is 17.7 Å². The van der Waals surface area contributed by atoms with Crippen LogP contribution in [0.2, 0.25) is 5.02 Å². The van der Waals surface area contributed by atoms with Gasteiger partial charge in [-0.2, -0.15) is 0 Å². The van der Waals surface area contributed by atoms with Crippen molar-refractivity contribution in [2.45, 2.75) is 18.9 Å². The van der Waals surface area contributed by atoms with Crippen LogP contribution in [0.25, 0.3) is 6.08 Å². The van der Waals surface area contributed by atoms with Gasteiger partial charge in [-0.1, -0.05) is 23.7 Å². The molecule has 1 saturated heterocycles. The van der Waals surface area contributed by atoms with Gasteiger partial charge in [0.25, 0.3) is 0 Å². The summed E-state index contributed by atoms with van der Waals surface area (Å²) >= 11 is 5.95. The fraction of sp³-hybridized carbons (Fsp3) is 0.429. The van der Waals surface area contributed by atoms with E-state index in [1.807, 2.05) is 6.07 Å². The van der Waals surface area contributed by atoms with Gasteiger partial charge in [-0.3, -0.25) is 14.4 Å². The molecule has 1 aromatic carbocycles. The first-order valence-electron chi connectivity index (χ1n) is 9.53. The molecule has 0 aromatic heterocycles. The number of rotatable bonds is 6. The third-order valence-corrected chi connectivity index (χ3v) is 5.06. The van der Waals surface area contributed by atoms with Crippen molar-refractivity contribution < 1.29 is 23.9 Å². The van der Waals surface area contributed by atoms with Gasteiger partial charge in [-0.05, 0) is 23.8 Å². The van der Waals surface area contributed by atoms with E-state index in [-0.39, 0.29) is 50.2 Å². The zero-order valence-electron chi connectivity index (χ0n) is 17.3. The topological polar surface area (TPSA) is 87.2 Å². The van der Waals surface area contributed by atoms with E-state index in [1.54, 1.807) is 43.3 Å². The van der Waals surface area contributed by atoms with Gasteiger partial charge in [0.1, 0.15) is 6.04 Å². The molecule has 3 amide bonds. The summed E-state index contributed by atoms with van der Waals surface area (Å²) in [6, 6.07) is 6.08. The summed E-state index contributed by atoms with van der Waals surface area (Å²) in [5.74, 6) is -1.49. The van der Waals surface area contributed by atoms with Gasteiger partial charge >= 0.3 is 5.97 Å². The first-order chi connectivity index (χ1) is 14.2. The van der Waals surface area contributed by atoms with E-state index in [9.17, 15) is 19.2 Å². The van der Waals surface area contributed by atoms with Crippen molar-refractivity contribution >= 4 is 41.4 Å². The van der Waals surface area contributed by atoms with Gasteiger partial charge in [-0.15, -0.1) is 0 Å². The lowest BCUT2D eigenvalue weighted by Gasteiger charge is -2.29. The largest absolute Gasteiger partial charge is 0.467 e. The number of halogens is 1. The predicted molar refractivity (Wildman–Crippen MR) is 113 cm³/mol. The molecular formula is C21H26ClN3O5. The fourth-order valence-electron chi connectivity index (χ4n) is 3.08. The molecule has 2 rings (SSSR count). The first-order valence-corrected chi connectivity index (χ1v) is 9.90. The van der Waals surface area contributed by atoms with E-state index >= 15 is 0 Å². The minimum Gasteiger partial charge on any atom is -0.467 e. The maximum atomic E-state index is 12.6. The predicted octanol–water partition coefficient (Wildman–Crippen LogP) is 1.43. The zero-order chi connectivity index (χ0) is 22.3. The van der Waals surface area contributed by atoms with Crippen LogP contribution in [0.15, 0.2) is 30.3 Å². The number of amides is 3. The molecule has 1 aliphatic heterocycles. The van der Waals surface area contributed by atoms with Crippen molar-refractivity contribution in [3.05, 3.63) is 40.9 Å². The number of carbonyl (C=O) groups is 4. The van der Waals surface area contributed by atoms with E-state index in [2.05, 4.69) is 0 Å². The smallest absolute Gasteiger partial charge is 0.329 e. The number of carbonyl (C=O) groups excluding carboxylic acids is 4. The van der Waals surface area contributed by atoms with E-state index in [0.29, 0.717) is 5.02 Å². The normalized spacial score (nSPS) is 15.7. The number of hydrogen-bond acceptors (Lipinski definition) is 5. The third-order valence-electron chi connectivity index (χ3n) is 4.82. The molecule has 1 aromatic rings. The SMILES string of the molecule is COC(=O)C(CC(=O)N(C)C)N1CCN(C(=O)/C=C/c2cccc(Cl)c2)CCC1=O. The van der Waals surface area contributed by atoms with Crippen LogP contribution in [0.5, 0.6) is 0 Å². The Kier molecular flexibility index (Phi) is 8.41. The first kappa shape index (κ1) is 23.4. The Balaban J connectivity index is 2.09. The van der Waals surface area contributed by atoms with Gasteiger partial charge < -0.3 is 19.4 Å². The average molecular weight is 436 g/mol. The maximum absolute atomic E-state index is 12.6. The zero-order valence-corrected chi connectivity index (χ0v) is 18.1. The highest BCUT2D eigenvalue weighted by Gasteiger charge is 2.35. The van der Waals surface area contributed by atoms with Crippen molar-refractivity contribution in [3.63, 3.8) is 0 Å². The van der Waals surface area contributed by atoms with Crippen LogP contribution in [0, 0.1) is 0 Å². The summed E-state index contributed by atoms with van der Waals surface area (Å²) in [7, 11) is 4.37. The lowest BCUT2D eigenvalue weighted by Crippen LogP contribution is -2.48. The third kappa shape index (κ3) is 6.32. The van der Waals surface area contributed by atoms with Crippen LogP contribution in [-0.2, 0) is 23.9 Å². The highest BCUT2D eigenvalue weighted by molar-refractivity contribution is 6.30. The molecule has 162 valence electrons. The second-order valence-electron chi connectivity index (χ2n) is 7.08. The summed E-state index contributed by atoms with van der Waals surface area (Å²) in [6.45, 7) is 0.605. The summed E-state index contributed by atoms with van der Waals surface area (Å²) in [5, 5.41) is 0.571. The van der Waals surface area contributed by atoms with Crippen molar-refractivity contribution in [2.24, 2.45) is 0 Å². The second kappa shape index (κ2) is 10.8. The molecule has 8 nitrogen and oxygen atoms in total. The van der Waals surface area contributed by atoms with Gasteiger partial charge in [0.15, 0.2) is 0 Å². The van der Waals surface area contributed by atoms with E-state index in [0.717, 1.165) is 5.56 Å². The van der Waals surface area contributed by atoms with E-state index < -0.39 is 12.0 Å².